The average Bonchev–Trinajstić information content (AvgIpc) is 2.29. The van der Waals surface area contributed by atoms with E-state index in [4.69, 9.17) is 5.26 Å². The molecule has 0 amide bonds. The van der Waals surface area contributed by atoms with Gasteiger partial charge < -0.3 is 0 Å². The number of pyridine rings is 1. The van der Waals surface area contributed by atoms with Gasteiger partial charge in [0.25, 0.3) is 0 Å². The molecule has 0 aliphatic carbocycles. The summed E-state index contributed by atoms with van der Waals surface area (Å²) in [5.74, 6) is -0.331. The van der Waals surface area contributed by atoms with Gasteiger partial charge in [0.05, 0.1) is 17.3 Å². The van der Waals surface area contributed by atoms with Crippen molar-refractivity contribution < 1.29 is 4.39 Å². The summed E-state index contributed by atoms with van der Waals surface area (Å²) in [4.78, 5) is 4.04. The number of hydrogen-bond acceptors (Lipinski definition) is 2. The Morgan fingerprint density at radius 3 is 2.80 bits per heavy atom. The first-order valence-corrected chi connectivity index (χ1v) is 4.42. The summed E-state index contributed by atoms with van der Waals surface area (Å²) in [6, 6.07) is 11.6. The van der Waals surface area contributed by atoms with Crippen LogP contribution in [0.15, 0.2) is 42.6 Å². The lowest BCUT2D eigenvalue weighted by atomic mass is 10.1. The second-order valence-electron chi connectivity index (χ2n) is 3.05. The van der Waals surface area contributed by atoms with Gasteiger partial charge in [-0.1, -0.05) is 12.1 Å². The highest BCUT2D eigenvalue weighted by molar-refractivity contribution is 5.61. The number of nitrogens with zero attached hydrogens (tertiary/aromatic N) is 2. The molecule has 0 N–H and O–H groups in total. The van der Waals surface area contributed by atoms with Crippen molar-refractivity contribution in [2.75, 3.05) is 0 Å². The van der Waals surface area contributed by atoms with Crippen molar-refractivity contribution in [1.29, 1.82) is 5.26 Å². The van der Waals surface area contributed by atoms with Crippen LogP contribution in [0.4, 0.5) is 4.39 Å². The van der Waals surface area contributed by atoms with E-state index in [1.54, 1.807) is 24.3 Å². The molecule has 1 heterocycles. The van der Waals surface area contributed by atoms with Gasteiger partial charge in [-0.05, 0) is 18.2 Å². The van der Waals surface area contributed by atoms with E-state index in [0.29, 0.717) is 11.3 Å². The van der Waals surface area contributed by atoms with Crippen LogP contribution in [0.1, 0.15) is 5.56 Å². The van der Waals surface area contributed by atoms with Crippen molar-refractivity contribution in [1.82, 2.24) is 4.98 Å². The second kappa shape index (κ2) is 3.89. The Labute approximate surface area is 86.6 Å². The quantitative estimate of drug-likeness (QED) is 0.706. The summed E-state index contributed by atoms with van der Waals surface area (Å²) in [7, 11) is 0. The van der Waals surface area contributed by atoms with Gasteiger partial charge in [0, 0.05) is 17.8 Å². The lowest BCUT2D eigenvalue weighted by Crippen LogP contribution is -1.85. The molecular formula is C12H7FN2. The number of halogens is 1. The van der Waals surface area contributed by atoms with E-state index >= 15 is 0 Å². The normalized spacial score (nSPS) is 9.60. The molecule has 0 spiro atoms. The Bertz CT molecular complexity index is 529. The molecule has 1 aromatic heterocycles. The third-order valence-corrected chi connectivity index (χ3v) is 2.01. The summed E-state index contributed by atoms with van der Waals surface area (Å²) in [6.45, 7) is 0. The molecule has 2 rings (SSSR count). The Hall–Kier alpha value is -2.21. The fourth-order valence-corrected chi connectivity index (χ4v) is 1.31. The fraction of sp³-hybridized carbons (Fsp3) is 0. The van der Waals surface area contributed by atoms with E-state index in [-0.39, 0.29) is 5.82 Å². The molecule has 0 fully saturated rings. The van der Waals surface area contributed by atoms with Gasteiger partial charge in [-0.25, -0.2) is 4.39 Å². The van der Waals surface area contributed by atoms with E-state index in [1.165, 1.54) is 18.3 Å². The van der Waals surface area contributed by atoms with Crippen LogP contribution in [0.25, 0.3) is 11.3 Å². The van der Waals surface area contributed by atoms with Gasteiger partial charge >= 0.3 is 0 Å². The predicted molar refractivity (Wildman–Crippen MR) is 54.3 cm³/mol. The number of rotatable bonds is 1. The van der Waals surface area contributed by atoms with Crippen LogP contribution in [-0.4, -0.2) is 4.98 Å². The van der Waals surface area contributed by atoms with Crippen LogP contribution < -0.4 is 0 Å². The van der Waals surface area contributed by atoms with Crippen molar-refractivity contribution in [2.45, 2.75) is 0 Å². The van der Waals surface area contributed by atoms with E-state index in [1.807, 2.05) is 6.07 Å². The van der Waals surface area contributed by atoms with Crippen LogP contribution in [0.3, 0.4) is 0 Å². The fourth-order valence-electron chi connectivity index (χ4n) is 1.31. The molecule has 3 heteroatoms. The summed E-state index contributed by atoms with van der Waals surface area (Å²) < 4.78 is 12.9. The summed E-state index contributed by atoms with van der Waals surface area (Å²) in [5.41, 5.74) is 1.82. The maximum Gasteiger partial charge on any atom is 0.126 e. The average molecular weight is 198 g/mol. The molecule has 0 atom stereocenters. The first-order chi connectivity index (χ1) is 7.29. The minimum absolute atomic E-state index is 0.331. The summed E-state index contributed by atoms with van der Waals surface area (Å²) in [5, 5.41) is 8.72. The Morgan fingerprint density at radius 1 is 1.20 bits per heavy atom. The number of hydrogen-bond donors (Lipinski definition) is 0. The van der Waals surface area contributed by atoms with Crippen LogP contribution in [-0.2, 0) is 0 Å². The highest BCUT2D eigenvalue weighted by atomic mass is 19.1. The first-order valence-electron chi connectivity index (χ1n) is 4.42. The second-order valence-corrected chi connectivity index (χ2v) is 3.05. The third-order valence-electron chi connectivity index (χ3n) is 2.01. The standard InChI is InChI=1S/C12H7FN2/c13-11-4-5-15-12(7-11)10-3-1-2-9(6-10)8-14/h1-7H. The SMILES string of the molecule is N#Cc1cccc(-c2cc(F)ccn2)c1. The molecule has 0 unspecified atom stereocenters. The molecule has 1 aromatic carbocycles. The molecule has 0 radical (unpaired) electrons. The van der Waals surface area contributed by atoms with Crippen LogP contribution in [0, 0.1) is 17.1 Å². The molecule has 15 heavy (non-hydrogen) atoms. The molecule has 2 nitrogen and oxygen atoms in total. The highest BCUT2D eigenvalue weighted by Gasteiger charge is 2.01. The molecule has 0 aliphatic rings. The molecule has 0 saturated heterocycles. The monoisotopic (exact) mass is 198 g/mol. The molecule has 0 saturated carbocycles. The van der Waals surface area contributed by atoms with E-state index < -0.39 is 0 Å². The Morgan fingerprint density at radius 2 is 2.07 bits per heavy atom. The van der Waals surface area contributed by atoms with Crippen molar-refractivity contribution in [3.8, 4) is 17.3 Å². The zero-order valence-electron chi connectivity index (χ0n) is 7.81. The van der Waals surface area contributed by atoms with E-state index in [2.05, 4.69) is 4.98 Å². The molecule has 0 bridgehead atoms. The minimum Gasteiger partial charge on any atom is -0.256 e. The van der Waals surface area contributed by atoms with Crippen LogP contribution in [0.2, 0.25) is 0 Å². The lowest BCUT2D eigenvalue weighted by Gasteiger charge is -2.00. The minimum atomic E-state index is -0.331. The Kier molecular flexibility index (Phi) is 2.42. The smallest absolute Gasteiger partial charge is 0.126 e. The molecule has 72 valence electrons. The summed E-state index contributed by atoms with van der Waals surface area (Å²) in [6.07, 6.45) is 1.41. The predicted octanol–water partition coefficient (Wildman–Crippen LogP) is 2.76. The van der Waals surface area contributed by atoms with Crippen molar-refractivity contribution >= 4 is 0 Å². The number of aromatic nitrogens is 1. The topological polar surface area (TPSA) is 36.7 Å². The third kappa shape index (κ3) is 2.00. The Balaban J connectivity index is 2.50. The van der Waals surface area contributed by atoms with Crippen molar-refractivity contribution in [3.63, 3.8) is 0 Å². The van der Waals surface area contributed by atoms with Crippen LogP contribution >= 0.6 is 0 Å². The largest absolute Gasteiger partial charge is 0.256 e. The van der Waals surface area contributed by atoms with Gasteiger partial charge in [0.1, 0.15) is 5.82 Å². The zero-order chi connectivity index (χ0) is 10.7. The maximum absolute atomic E-state index is 12.9. The highest BCUT2D eigenvalue weighted by Crippen LogP contribution is 2.18. The van der Waals surface area contributed by atoms with Crippen LogP contribution in [0.5, 0.6) is 0 Å². The van der Waals surface area contributed by atoms with Crippen molar-refractivity contribution in [3.05, 3.63) is 54.0 Å². The lowest BCUT2D eigenvalue weighted by molar-refractivity contribution is 0.626. The van der Waals surface area contributed by atoms with Gasteiger partial charge in [0.15, 0.2) is 0 Å². The molecular weight excluding hydrogens is 191 g/mol. The van der Waals surface area contributed by atoms with E-state index in [9.17, 15) is 4.39 Å². The maximum atomic E-state index is 12.9. The van der Waals surface area contributed by atoms with Gasteiger partial charge in [0.2, 0.25) is 0 Å². The molecule has 0 aliphatic heterocycles. The van der Waals surface area contributed by atoms with Crippen molar-refractivity contribution in [2.24, 2.45) is 0 Å². The zero-order valence-corrected chi connectivity index (χ0v) is 7.81. The first kappa shape index (κ1) is 9.35. The van der Waals surface area contributed by atoms with Gasteiger partial charge in [-0.2, -0.15) is 5.26 Å². The van der Waals surface area contributed by atoms with Gasteiger partial charge in [-0.3, -0.25) is 4.98 Å². The van der Waals surface area contributed by atoms with E-state index in [0.717, 1.165) is 5.56 Å². The van der Waals surface area contributed by atoms with Gasteiger partial charge in [-0.15, -0.1) is 0 Å². The number of benzene rings is 1. The summed E-state index contributed by atoms with van der Waals surface area (Å²) >= 11 is 0. The molecule has 2 aromatic rings. The number of nitriles is 1.